The number of rotatable bonds is 7. The van der Waals surface area contributed by atoms with E-state index in [1.54, 1.807) is 24.3 Å². The Morgan fingerprint density at radius 1 is 1.38 bits per heavy atom. The van der Waals surface area contributed by atoms with E-state index in [9.17, 15) is 4.79 Å². The number of carbonyl (C=O) groups excluding carboxylic acids is 1. The Kier molecular flexibility index (Phi) is 6.02. The van der Waals surface area contributed by atoms with E-state index in [4.69, 9.17) is 15.7 Å². The molecular formula is C15H23N3O3. The number of oxime groups is 1. The molecule has 0 radical (unpaired) electrons. The van der Waals surface area contributed by atoms with E-state index in [0.29, 0.717) is 11.3 Å². The summed E-state index contributed by atoms with van der Waals surface area (Å²) in [5.41, 5.74) is 5.81. The zero-order valence-electron chi connectivity index (χ0n) is 12.7. The quantitative estimate of drug-likeness (QED) is 0.309. The van der Waals surface area contributed by atoms with E-state index in [1.165, 1.54) is 0 Å². The van der Waals surface area contributed by atoms with Crippen molar-refractivity contribution in [2.45, 2.75) is 39.2 Å². The standard InChI is InChI=1S/C15H23N3O3/c1-4-9-15(2,3)17-13(19)10-21-12-7-5-11(6-8-12)14(16)18-20/h5-8,20H,4,9-10H2,1-3H3,(H2,16,18)(H,17,19). The molecule has 0 fully saturated rings. The topological polar surface area (TPSA) is 96.9 Å². The molecule has 6 heteroatoms. The van der Waals surface area contributed by atoms with Gasteiger partial charge in [-0.05, 0) is 44.5 Å². The molecule has 0 saturated carbocycles. The fraction of sp³-hybridized carbons (Fsp3) is 0.467. The molecule has 1 aromatic carbocycles. The van der Waals surface area contributed by atoms with Crippen LogP contribution in [0, 0.1) is 0 Å². The van der Waals surface area contributed by atoms with E-state index < -0.39 is 0 Å². The third-order valence-electron chi connectivity index (χ3n) is 2.98. The predicted molar refractivity (Wildman–Crippen MR) is 81.6 cm³/mol. The SMILES string of the molecule is CCCC(C)(C)NC(=O)COc1ccc(/C(N)=N/O)cc1. The van der Waals surface area contributed by atoms with Crippen LogP contribution in [0.25, 0.3) is 0 Å². The van der Waals surface area contributed by atoms with Crippen LogP contribution in [0.15, 0.2) is 29.4 Å². The van der Waals surface area contributed by atoms with Crippen molar-refractivity contribution in [1.29, 1.82) is 0 Å². The fourth-order valence-corrected chi connectivity index (χ4v) is 2.03. The monoisotopic (exact) mass is 293 g/mol. The Bertz CT molecular complexity index is 495. The molecule has 0 spiro atoms. The molecule has 0 aliphatic heterocycles. The maximum atomic E-state index is 11.8. The molecule has 0 aliphatic carbocycles. The number of nitrogens with one attached hydrogen (secondary N) is 1. The van der Waals surface area contributed by atoms with Gasteiger partial charge in [0.1, 0.15) is 5.75 Å². The van der Waals surface area contributed by atoms with Gasteiger partial charge in [-0.3, -0.25) is 4.79 Å². The number of nitrogens with zero attached hydrogens (tertiary/aromatic N) is 1. The number of benzene rings is 1. The molecule has 0 aliphatic rings. The smallest absolute Gasteiger partial charge is 0.258 e. The number of amides is 1. The lowest BCUT2D eigenvalue weighted by Gasteiger charge is -2.25. The minimum absolute atomic E-state index is 0.0283. The van der Waals surface area contributed by atoms with Gasteiger partial charge in [0.2, 0.25) is 0 Å². The van der Waals surface area contributed by atoms with Crippen molar-refractivity contribution >= 4 is 11.7 Å². The van der Waals surface area contributed by atoms with Crippen LogP contribution in [0.2, 0.25) is 0 Å². The summed E-state index contributed by atoms with van der Waals surface area (Å²) in [5, 5.41) is 14.4. The Labute approximate surface area is 125 Å². The van der Waals surface area contributed by atoms with Crippen LogP contribution in [0.5, 0.6) is 5.75 Å². The Morgan fingerprint density at radius 2 is 2.00 bits per heavy atom. The van der Waals surface area contributed by atoms with Crippen LogP contribution in [0.1, 0.15) is 39.2 Å². The average Bonchev–Trinajstić information content (AvgIpc) is 2.44. The van der Waals surface area contributed by atoms with Crippen LogP contribution in [-0.4, -0.2) is 29.1 Å². The summed E-state index contributed by atoms with van der Waals surface area (Å²) in [7, 11) is 0. The van der Waals surface area contributed by atoms with Gasteiger partial charge in [-0.15, -0.1) is 0 Å². The zero-order chi connectivity index (χ0) is 15.9. The largest absolute Gasteiger partial charge is 0.484 e. The van der Waals surface area contributed by atoms with Gasteiger partial charge in [0.05, 0.1) is 0 Å². The second-order valence-electron chi connectivity index (χ2n) is 5.48. The van der Waals surface area contributed by atoms with Gasteiger partial charge in [0, 0.05) is 11.1 Å². The van der Waals surface area contributed by atoms with E-state index in [-0.39, 0.29) is 23.9 Å². The van der Waals surface area contributed by atoms with Gasteiger partial charge < -0.3 is 21.0 Å². The normalized spacial score (nSPS) is 12.0. The second kappa shape index (κ2) is 7.52. The van der Waals surface area contributed by atoms with E-state index in [1.807, 2.05) is 13.8 Å². The lowest BCUT2D eigenvalue weighted by molar-refractivity contribution is -0.124. The first-order valence-electron chi connectivity index (χ1n) is 6.89. The highest BCUT2D eigenvalue weighted by atomic mass is 16.5. The van der Waals surface area contributed by atoms with Crippen molar-refractivity contribution in [1.82, 2.24) is 5.32 Å². The molecule has 0 bridgehead atoms. The van der Waals surface area contributed by atoms with Crippen LogP contribution in [0.4, 0.5) is 0 Å². The van der Waals surface area contributed by atoms with Crippen molar-refractivity contribution < 1.29 is 14.7 Å². The number of ether oxygens (including phenoxy) is 1. The molecule has 1 amide bonds. The van der Waals surface area contributed by atoms with Gasteiger partial charge in [0.15, 0.2) is 12.4 Å². The fourth-order valence-electron chi connectivity index (χ4n) is 2.03. The van der Waals surface area contributed by atoms with Crippen molar-refractivity contribution in [3.05, 3.63) is 29.8 Å². The van der Waals surface area contributed by atoms with Gasteiger partial charge in [-0.25, -0.2) is 0 Å². The van der Waals surface area contributed by atoms with Gasteiger partial charge in [0.25, 0.3) is 5.91 Å². The highest BCUT2D eigenvalue weighted by molar-refractivity contribution is 5.97. The first kappa shape index (κ1) is 16.8. The summed E-state index contributed by atoms with van der Waals surface area (Å²) in [6.07, 6.45) is 1.91. The van der Waals surface area contributed by atoms with Crippen molar-refractivity contribution in [2.75, 3.05) is 6.61 Å². The maximum absolute atomic E-state index is 11.8. The first-order valence-corrected chi connectivity index (χ1v) is 6.89. The number of hydrogen-bond acceptors (Lipinski definition) is 4. The van der Waals surface area contributed by atoms with Crippen molar-refractivity contribution in [3.8, 4) is 5.75 Å². The summed E-state index contributed by atoms with van der Waals surface area (Å²) in [4.78, 5) is 11.8. The third kappa shape index (κ3) is 5.72. The summed E-state index contributed by atoms with van der Waals surface area (Å²) < 4.78 is 5.40. The third-order valence-corrected chi connectivity index (χ3v) is 2.98. The lowest BCUT2D eigenvalue weighted by Crippen LogP contribution is -2.45. The first-order chi connectivity index (χ1) is 9.88. The summed E-state index contributed by atoms with van der Waals surface area (Å²) in [5.74, 6) is 0.419. The van der Waals surface area contributed by atoms with Crippen LogP contribution < -0.4 is 15.8 Å². The lowest BCUT2D eigenvalue weighted by atomic mass is 9.99. The number of carbonyl (C=O) groups is 1. The van der Waals surface area contributed by atoms with Crippen LogP contribution in [0.3, 0.4) is 0 Å². The van der Waals surface area contributed by atoms with Gasteiger partial charge in [-0.1, -0.05) is 18.5 Å². The molecule has 21 heavy (non-hydrogen) atoms. The number of nitrogens with two attached hydrogens (primary N) is 1. The van der Waals surface area contributed by atoms with E-state index >= 15 is 0 Å². The minimum Gasteiger partial charge on any atom is -0.484 e. The average molecular weight is 293 g/mol. The molecule has 0 unspecified atom stereocenters. The van der Waals surface area contributed by atoms with Crippen LogP contribution in [-0.2, 0) is 4.79 Å². The second-order valence-corrected chi connectivity index (χ2v) is 5.48. The zero-order valence-corrected chi connectivity index (χ0v) is 12.7. The minimum atomic E-state index is -0.231. The van der Waals surface area contributed by atoms with Gasteiger partial charge in [-0.2, -0.15) is 0 Å². The molecule has 116 valence electrons. The number of amidine groups is 1. The molecule has 0 aromatic heterocycles. The van der Waals surface area contributed by atoms with E-state index in [2.05, 4.69) is 17.4 Å². The molecule has 1 aromatic rings. The summed E-state index contributed by atoms with van der Waals surface area (Å²) >= 11 is 0. The van der Waals surface area contributed by atoms with E-state index in [0.717, 1.165) is 12.8 Å². The van der Waals surface area contributed by atoms with Crippen molar-refractivity contribution in [3.63, 3.8) is 0 Å². The Balaban J connectivity index is 2.50. The Hall–Kier alpha value is -2.24. The molecule has 0 saturated heterocycles. The molecule has 4 N–H and O–H groups in total. The summed E-state index contributed by atoms with van der Waals surface area (Å²) in [6, 6.07) is 6.64. The highest BCUT2D eigenvalue weighted by Gasteiger charge is 2.19. The summed E-state index contributed by atoms with van der Waals surface area (Å²) in [6.45, 7) is 6.00. The molecule has 0 atom stereocenters. The molecule has 0 heterocycles. The van der Waals surface area contributed by atoms with Gasteiger partial charge >= 0.3 is 0 Å². The maximum Gasteiger partial charge on any atom is 0.258 e. The molecule has 1 rings (SSSR count). The highest BCUT2D eigenvalue weighted by Crippen LogP contribution is 2.13. The molecular weight excluding hydrogens is 270 g/mol. The van der Waals surface area contributed by atoms with Crippen LogP contribution >= 0.6 is 0 Å². The predicted octanol–water partition coefficient (Wildman–Crippen LogP) is 1.85. The van der Waals surface area contributed by atoms with Crippen molar-refractivity contribution in [2.24, 2.45) is 10.9 Å². The Morgan fingerprint density at radius 3 is 2.52 bits per heavy atom. The number of hydrogen-bond donors (Lipinski definition) is 3. The molecule has 6 nitrogen and oxygen atoms in total.